The first-order valence-corrected chi connectivity index (χ1v) is 7.32. The number of carbonyl (C=O) groups excluding carboxylic acids is 1. The summed E-state index contributed by atoms with van der Waals surface area (Å²) in [5.41, 5.74) is 10.3. The van der Waals surface area contributed by atoms with E-state index in [1.54, 1.807) is 0 Å². The topological polar surface area (TPSA) is 156 Å². The van der Waals surface area contributed by atoms with Crippen LogP contribution in [0.4, 0.5) is 0 Å². The van der Waals surface area contributed by atoms with Gasteiger partial charge in [0.1, 0.15) is 12.1 Å². The zero-order chi connectivity index (χ0) is 14.1. The average Bonchev–Trinajstić information content (AvgIpc) is 2.31. The molecule has 0 aliphatic carbocycles. The van der Waals surface area contributed by atoms with Crippen LogP contribution in [-0.4, -0.2) is 58.2 Å². The molecule has 104 valence electrons. The van der Waals surface area contributed by atoms with Crippen LogP contribution in [-0.2, 0) is 14.4 Å². The molecule has 18 heavy (non-hydrogen) atoms. The van der Waals surface area contributed by atoms with Crippen molar-refractivity contribution in [2.24, 2.45) is 11.5 Å². The van der Waals surface area contributed by atoms with Gasteiger partial charge >= 0.3 is 11.9 Å². The molecule has 10 heteroatoms. The van der Waals surface area contributed by atoms with Crippen molar-refractivity contribution in [3.8, 4) is 0 Å². The van der Waals surface area contributed by atoms with E-state index in [1.807, 2.05) is 0 Å². The van der Waals surface area contributed by atoms with Crippen LogP contribution in [0.3, 0.4) is 0 Å². The first kappa shape index (κ1) is 17.0. The van der Waals surface area contributed by atoms with Crippen LogP contribution in [0, 0.1) is 0 Å². The molecule has 8 nitrogen and oxygen atoms in total. The highest BCUT2D eigenvalue weighted by molar-refractivity contribution is 8.76. The second-order valence-corrected chi connectivity index (χ2v) is 5.73. The Morgan fingerprint density at radius 3 is 2.11 bits per heavy atom. The quantitative estimate of drug-likeness (QED) is 0.247. The first-order valence-electron chi connectivity index (χ1n) is 4.83. The Bertz CT molecular complexity index is 315. The maximum Gasteiger partial charge on any atom is 0.327 e. The summed E-state index contributed by atoms with van der Waals surface area (Å²) in [5, 5.41) is 19.6. The fourth-order valence-electron chi connectivity index (χ4n) is 0.737. The lowest BCUT2D eigenvalue weighted by Gasteiger charge is -2.13. The number of hydrogen-bond acceptors (Lipinski definition) is 7. The van der Waals surface area contributed by atoms with Crippen molar-refractivity contribution in [3.05, 3.63) is 0 Å². The molecular weight excluding hydrogens is 282 g/mol. The van der Waals surface area contributed by atoms with Crippen molar-refractivity contribution in [1.82, 2.24) is 5.32 Å². The minimum Gasteiger partial charge on any atom is -0.480 e. The lowest BCUT2D eigenvalue weighted by molar-refractivity contribution is -0.141. The van der Waals surface area contributed by atoms with E-state index < -0.39 is 29.9 Å². The lowest BCUT2D eigenvalue weighted by Crippen LogP contribution is -2.45. The predicted octanol–water partition coefficient (Wildman–Crippen LogP) is -1.69. The molecule has 0 spiro atoms. The molecular formula is C8H15N3O5S2. The third kappa shape index (κ3) is 7.37. The molecule has 0 rings (SSSR count). The van der Waals surface area contributed by atoms with Gasteiger partial charge in [-0.25, -0.2) is 4.79 Å². The van der Waals surface area contributed by atoms with Crippen molar-refractivity contribution in [2.45, 2.75) is 12.1 Å². The monoisotopic (exact) mass is 297 g/mol. The van der Waals surface area contributed by atoms with E-state index in [0.29, 0.717) is 0 Å². The largest absolute Gasteiger partial charge is 0.480 e. The number of nitrogens with one attached hydrogen (secondary N) is 1. The second kappa shape index (κ2) is 9.03. The second-order valence-electron chi connectivity index (χ2n) is 3.18. The van der Waals surface area contributed by atoms with E-state index in [2.05, 4.69) is 5.32 Å². The fourth-order valence-corrected chi connectivity index (χ4v) is 3.01. The molecule has 1 amide bonds. The van der Waals surface area contributed by atoms with E-state index in [9.17, 15) is 14.4 Å². The normalized spacial score (nSPS) is 13.7. The average molecular weight is 297 g/mol. The predicted molar refractivity (Wildman–Crippen MR) is 69.1 cm³/mol. The zero-order valence-corrected chi connectivity index (χ0v) is 11.0. The summed E-state index contributed by atoms with van der Waals surface area (Å²) >= 11 is 0. The molecule has 0 aromatic heterocycles. The minimum absolute atomic E-state index is 0.0953. The van der Waals surface area contributed by atoms with Gasteiger partial charge in [0.2, 0.25) is 5.91 Å². The third-order valence-electron chi connectivity index (χ3n) is 1.70. The van der Waals surface area contributed by atoms with Crippen molar-refractivity contribution in [3.63, 3.8) is 0 Å². The molecule has 0 aliphatic rings. The molecule has 0 unspecified atom stereocenters. The Kier molecular flexibility index (Phi) is 8.54. The first-order chi connectivity index (χ1) is 8.38. The molecule has 7 N–H and O–H groups in total. The van der Waals surface area contributed by atoms with Gasteiger partial charge in [0, 0.05) is 11.5 Å². The van der Waals surface area contributed by atoms with Crippen LogP contribution in [0.1, 0.15) is 0 Å². The van der Waals surface area contributed by atoms with Crippen LogP contribution in [0.25, 0.3) is 0 Å². The molecule has 0 saturated carbocycles. The number of hydrogen-bond donors (Lipinski definition) is 5. The highest BCUT2D eigenvalue weighted by Gasteiger charge is 2.20. The summed E-state index contributed by atoms with van der Waals surface area (Å²) in [6, 6.07) is -2.05. The van der Waals surface area contributed by atoms with Crippen LogP contribution in [0.15, 0.2) is 0 Å². The molecule has 0 aromatic rings. The van der Waals surface area contributed by atoms with Gasteiger partial charge in [-0.05, 0) is 0 Å². The molecule has 0 aliphatic heterocycles. The zero-order valence-electron chi connectivity index (χ0n) is 9.37. The Morgan fingerprint density at radius 2 is 1.67 bits per heavy atom. The van der Waals surface area contributed by atoms with E-state index in [4.69, 9.17) is 21.7 Å². The number of carboxylic acid groups (broad SMARTS) is 2. The third-order valence-corrected chi connectivity index (χ3v) is 4.15. The molecule has 0 fully saturated rings. The number of rotatable bonds is 9. The van der Waals surface area contributed by atoms with Gasteiger partial charge in [-0.15, -0.1) is 0 Å². The van der Waals surface area contributed by atoms with Gasteiger partial charge in [0.25, 0.3) is 0 Å². The summed E-state index contributed by atoms with van der Waals surface area (Å²) in [6.45, 7) is -0.286. The van der Waals surface area contributed by atoms with Crippen molar-refractivity contribution in [2.75, 3.05) is 18.1 Å². The molecule has 0 radical (unpaired) electrons. The Balaban J connectivity index is 3.95. The Hall–Kier alpha value is -0.970. The lowest BCUT2D eigenvalue weighted by atomic mass is 10.3. The summed E-state index contributed by atoms with van der Waals surface area (Å²) in [5.74, 6) is -2.60. The fraction of sp³-hybridized carbons (Fsp3) is 0.625. The number of carboxylic acids is 2. The molecule has 0 heterocycles. The number of amides is 1. The maximum atomic E-state index is 10.9. The standard InChI is InChI=1S/C8H15N3O5S2/c9-1-6(12)11-5(8(15)16)3-18-17-2-4(10)7(13)14/h4-5H,1-3,9-10H2,(H,11,12)(H,13,14)(H,15,16)/t4-,5-/m0/s1. The Morgan fingerprint density at radius 1 is 1.11 bits per heavy atom. The summed E-state index contributed by atoms with van der Waals surface area (Å²) in [6.07, 6.45) is 0. The number of aliphatic carboxylic acids is 2. The Labute approximate surface area is 111 Å². The smallest absolute Gasteiger partial charge is 0.327 e. The van der Waals surface area contributed by atoms with Crippen molar-refractivity contribution in [1.29, 1.82) is 0 Å². The number of nitrogens with two attached hydrogens (primary N) is 2. The van der Waals surface area contributed by atoms with E-state index in [-0.39, 0.29) is 18.1 Å². The van der Waals surface area contributed by atoms with Crippen LogP contribution in [0.2, 0.25) is 0 Å². The number of carbonyl (C=O) groups is 3. The molecule has 0 aromatic carbocycles. The highest BCUT2D eigenvalue weighted by Crippen LogP contribution is 2.22. The van der Waals surface area contributed by atoms with Gasteiger partial charge in [0.15, 0.2) is 0 Å². The highest BCUT2D eigenvalue weighted by atomic mass is 33.1. The van der Waals surface area contributed by atoms with Crippen molar-refractivity contribution < 1.29 is 24.6 Å². The summed E-state index contributed by atoms with van der Waals surface area (Å²) in [7, 11) is 2.26. The maximum absolute atomic E-state index is 10.9. The van der Waals surface area contributed by atoms with Gasteiger partial charge in [-0.2, -0.15) is 0 Å². The minimum atomic E-state index is -1.17. The van der Waals surface area contributed by atoms with Gasteiger partial charge in [-0.1, -0.05) is 21.6 Å². The summed E-state index contributed by atoms with van der Waals surface area (Å²) < 4.78 is 0. The summed E-state index contributed by atoms with van der Waals surface area (Å²) in [4.78, 5) is 32.1. The van der Waals surface area contributed by atoms with Gasteiger partial charge in [0.05, 0.1) is 6.54 Å². The van der Waals surface area contributed by atoms with Crippen molar-refractivity contribution >= 4 is 39.4 Å². The molecule has 0 saturated heterocycles. The molecule has 0 bridgehead atoms. The van der Waals surface area contributed by atoms with Crippen LogP contribution in [0.5, 0.6) is 0 Å². The van der Waals surface area contributed by atoms with Gasteiger partial charge < -0.3 is 27.0 Å². The van der Waals surface area contributed by atoms with E-state index >= 15 is 0 Å². The van der Waals surface area contributed by atoms with E-state index in [0.717, 1.165) is 21.6 Å². The van der Waals surface area contributed by atoms with E-state index in [1.165, 1.54) is 0 Å². The van der Waals surface area contributed by atoms with Crippen LogP contribution >= 0.6 is 21.6 Å². The SMILES string of the molecule is NCC(=O)N[C@@H](CSSC[C@H](N)C(=O)O)C(=O)O. The van der Waals surface area contributed by atoms with Gasteiger partial charge in [-0.3, -0.25) is 9.59 Å². The van der Waals surface area contributed by atoms with Crippen LogP contribution < -0.4 is 16.8 Å². The molecule has 2 atom stereocenters.